The van der Waals surface area contributed by atoms with Crippen LogP contribution < -0.4 is 20.1 Å². The largest absolute Gasteiger partial charge is 0.497 e. The van der Waals surface area contributed by atoms with Crippen molar-refractivity contribution in [3.63, 3.8) is 0 Å². The van der Waals surface area contributed by atoms with Crippen molar-refractivity contribution in [1.29, 1.82) is 0 Å². The van der Waals surface area contributed by atoms with Gasteiger partial charge in [-0.2, -0.15) is 0 Å². The second kappa shape index (κ2) is 13.2. The van der Waals surface area contributed by atoms with E-state index < -0.39 is 0 Å². The molecule has 0 spiro atoms. The predicted octanol–water partition coefficient (Wildman–Crippen LogP) is 4.96. The molecule has 0 saturated carbocycles. The van der Waals surface area contributed by atoms with Gasteiger partial charge in [0.25, 0.3) is 0 Å². The molecule has 0 aliphatic carbocycles. The zero-order valence-electron chi connectivity index (χ0n) is 22.6. The first-order valence-electron chi connectivity index (χ1n) is 12.6. The molecule has 3 heterocycles. The molecule has 1 aliphatic heterocycles. The van der Waals surface area contributed by atoms with Crippen LogP contribution in [0, 0.1) is 0 Å². The van der Waals surface area contributed by atoms with Crippen LogP contribution in [0.25, 0.3) is 5.57 Å². The number of ether oxygens (including phenoxy) is 2. The summed E-state index contributed by atoms with van der Waals surface area (Å²) in [6.45, 7) is 13.2. The first kappa shape index (κ1) is 28.2. The van der Waals surface area contributed by atoms with Gasteiger partial charge in [-0.25, -0.2) is 15.0 Å². The molecule has 1 atom stereocenters. The van der Waals surface area contributed by atoms with Crippen molar-refractivity contribution in [3.8, 4) is 17.4 Å². The van der Waals surface area contributed by atoms with E-state index in [1.165, 1.54) is 12.4 Å². The number of hydrogen-bond acceptors (Lipinski definition) is 8. The van der Waals surface area contributed by atoms with Gasteiger partial charge in [0.15, 0.2) is 0 Å². The lowest BCUT2D eigenvalue weighted by Gasteiger charge is -2.38. The number of likely N-dealkylation sites (tertiary alicyclic amines) is 1. The number of nitrogen functional groups attached to an aromatic ring is 1. The fraction of sp³-hybridized carbons (Fsp3) is 0.310. The summed E-state index contributed by atoms with van der Waals surface area (Å²) >= 11 is 0. The molecule has 0 radical (unpaired) electrons. The smallest absolute Gasteiger partial charge is 0.246 e. The number of nitrogens with two attached hydrogens (primary N) is 1. The molecular weight excluding hydrogens is 480 g/mol. The van der Waals surface area contributed by atoms with Crippen molar-refractivity contribution >= 4 is 23.1 Å². The minimum atomic E-state index is -0.0667. The Balaban J connectivity index is 0.00000195. The molecule has 2 N–H and O–H groups in total. The lowest BCUT2D eigenvalue weighted by molar-refractivity contribution is -0.127. The summed E-state index contributed by atoms with van der Waals surface area (Å²) in [6, 6.07) is 11.0. The molecule has 1 saturated heterocycles. The lowest BCUT2D eigenvalue weighted by Crippen LogP contribution is -2.48. The van der Waals surface area contributed by atoms with Gasteiger partial charge in [-0.1, -0.05) is 27.0 Å². The molecule has 1 aromatic carbocycles. The minimum absolute atomic E-state index is 0.0667. The molecule has 2 aromatic heterocycles. The molecular formula is C29H36N6O3. The van der Waals surface area contributed by atoms with Gasteiger partial charge in [0.1, 0.15) is 29.5 Å². The number of piperidine rings is 1. The van der Waals surface area contributed by atoms with Gasteiger partial charge in [0.05, 0.1) is 12.7 Å². The number of rotatable bonds is 8. The quantitative estimate of drug-likeness (QED) is 0.419. The highest BCUT2D eigenvalue weighted by atomic mass is 16.5. The van der Waals surface area contributed by atoms with Gasteiger partial charge in [0, 0.05) is 44.0 Å². The molecule has 1 aliphatic rings. The third-order valence-corrected chi connectivity index (χ3v) is 6.29. The van der Waals surface area contributed by atoms with E-state index in [1.54, 1.807) is 19.4 Å². The number of aromatic nitrogens is 3. The van der Waals surface area contributed by atoms with Crippen molar-refractivity contribution in [3.05, 3.63) is 79.3 Å². The topological polar surface area (TPSA) is 107 Å². The van der Waals surface area contributed by atoms with Crippen LogP contribution in [-0.4, -0.2) is 59.0 Å². The number of pyridine rings is 1. The Morgan fingerprint density at radius 2 is 1.84 bits per heavy atom. The Hall–Kier alpha value is -4.40. The zero-order valence-corrected chi connectivity index (χ0v) is 22.6. The second-order valence-corrected chi connectivity index (χ2v) is 8.49. The van der Waals surface area contributed by atoms with Crippen molar-refractivity contribution in [2.24, 2.45) is 0 Å². The monoisotopic (exact) mass is 516 g/mol. The Kier molecular flexibility index (Phi) is 9.81. The van der Waals surface area contributed by atoms with Gasteiger partial charge in [0.2, 0.25) is 11.8 Å². The van der Waals surface area contributed by atoms with E-state index in [0.29, 0.717) is 40.9 Å². The highest BCUT2D eigenvalue weighted by molar-refractivity contribution is 5.89. The number of hydrogen-bond donors (Lipinski definition) is 1. The number of amides is 1. The van der Waals surface area contributed by atoms with E-state index in [9.17, 15) is 4.79 Å². The Morgan fingerprint density at radius 1 is 1.13 bits per heavy atom. The third-order valence-electron chi connectivity index (χ3n) is 6.29. The van der Waals surface area contributed by atoms with Crippen LogP contribution in [0.5, 0.6) is 17.4 Å². The summed E-state index contributed by atoms with van der Waals surface area (Å²) in [6.07, 6.45) is 6.30. The Labute approximate surface area is 224 Å². The molecule has 200 valence electrons. The molecule has 3 aromatic rings. The van der Waals surface area contributed by atoms with Crippen LogP contribution in [-0.2, 0) is 4.79 Å². The average molecular weight is 517 g/mol. The number of benzene rings is 1. The van der Waals surface area contributed by atoms with Gasteiger partial charge in [-0.3, -0.25) is 4.79 Å². The highest BCUT2D eigenvalue weighted by Crippen LogP contribution is 2.34. The van der Waals surface area contributed by atoms with E-state index in [-0.39, 0.29) is 11.9 Å². The first-order chi connectivity index (χ1) is 18.4. The SMILES string of the molecule is C=CC(=O)N1CCCC(N(C)c2ncnc(N)c2C(=C)c2ccc(Oc3ccc(OC)cc3)nc2)C1.CC. The summed E-state index contributed by atoms with van der Waals surface area (Å²) in [5.41, 5.74) is 8.36. The summed E-state index contributed by atoms with van der Waals surface area (Å²) in [5.74, 6) is 2.76. The molecule has 1 amide bonds. The fourth-order valence-electron chi connectivity index (χ4n) is 4.25. The zero-order chi connectivity index (χ0) is 27.7. The number of carbonyl (C=O) groups is 1. The van der Waals surface area contributed by atoms with E-state index >= 15 is 0 Å². The number of carbonyl (C=O) groups excluding carboxylic acids is 1. The molecule has 1 fully saturated rings. The van der Waals surface area contributed by atoms with Crippen LogP contribution in [0.15, 0.2) is 68.2 Å². The van der Waals surface area contributed by atoms with Crippen LogP contribution in [0.3, 0.4) is 0 Å². The maximum Gasteiger partial charge on any atom is 0.246 e. The first-order valence-corrected chi connectivity index (χ1v) is 12.6. The van der Waals surface area contributed by atoms with Crippen molar-refractivity contribution in [2.45, 2.75) is 32.7 Å². The predicted molar refractivity (Wildman–Crippen MR) is 151 cm³/mol. The molecule has 38 heavy (non-hydrogen) atoms. The van der Waals surface area contributed by atoms with Gasteiger partial charge in [-0.05, 0) is 54.8 Å². The number of likely N-dealkylation sites (N-methyl/N-ethyl adjacent to an activating group) is 1. The number of nitrogens with zero attached hydrogens (tertiary/aromatic N) is 5. The molecule has 1 unspecified atom stereocenters. The standard InChI is InChI=1S/C27H30N6O3.C2H6/c1-5-24(34)33-14-6-7-20(16-33)32(3)27-25(26(28)30-17-31-27)18(2)19-8-13-23(29-15-19)36-22-11-9-21(35-4)10-12-22;1-2/h5,8-13,15,17,20H,1-2,6-7,14,16H2,3-4H3,(H2,28,30,31);1-2H3. The van der Waals surface area contributed by atoms with Crippen molar-refractivity contribution in [2.75, 3.05) is 37.9 Å². The molecule has 0 bridgehead atoms. The van der Waals surface area contributed by atoms with E-state index in [1.807, 2.05) is 56.1 Å². The number of methoxy groups -OCH3 is 1. The van der Waals surface area contributed by atoms with Gasteiger partial charge >= 0.3 is 0 Å². The van der Waals surface area contributed by atoms with E-state index in [4.69, 9.17) is 15.2 Å². The summed E-state index contributed by atoms with van der Waals surface area (Å²) in [5, 5.41) is 0. The Bertz CT molecular complexity index is 1240. The highest BCUT2D eigenvalue weighted by Gasteiger charge is 2.28. The Morgan fingerprint density at radius 3 is 2.47 bits per heavy atom. The van der Waals surface area contributed by atoms with Crippen molar-refractivity contribution < 1.29 is 14.3 Å². The maximum absolute atomic E-state index is 12.2. The summed E-state index contributed by atoms with van der Waals surface area (Å²) < 4.78 is 11.0. The number of anilines is 2. The van der Waals surface area contributed by atoms with Crippen LogP contribution in [0.2, 0.25) is 0 Å². The van der Waals surface area contributed by atoms with Crippen LogP contribution >= 0.6 is 0 Å². The molecule has 9 heteroatoms. The summed E-state index contributed by atoms with van der Waals surface area (Å²) in [7, 11) is 3.57. The average Bonchev–Trinajstić information content (AvgIpc) is 2.97. The molecule has 9 nitrogen and oxygen atoms in total. The van der Waals surface area contributed by atoms with Crippen LogP contribution in [0.4, 0.5) is 11.6 Å². The normalized spacial score (nSPS) is 14.5. The molecule has 4 rings (SSSR count). The summed E-state index contributed by atoms with van der Waals surface area (Å²) in [4.78, 5) is 29.2. The van der Waals surface area contributed by atoms with Crippen LogP contribution in [0.1, 0.15) is 37.8 Å². The van der Waals surface area contributed by atoms with Gasteiger partial charge < -0.3 is 25.0 Å². The van der Waals surface area contributed by atoms with Crippen molar-refractivity contribution in [1.82, 2.24) is 19.9 Å². The maximum atomic E-state index is 12.2. The minimum Gasteiger partial charge on any atom is -0.497 e. The third kappa shape index (κ3) is 6.47. The lowest BCUT2D eigenvalue weighted by atomic mass is 9.99. The van der Waals surface area contributed by atoms with E-state index in [2.05, 4.69) is 33.0 Å². The van der Waals surface area contributed by atoms with Gasteiger partial charge in [-0.15, -0.1) is 0 Å². The van der Waals surface area contributed by atoms with E-state index in [0.717, 1.165) is 30.7 Å². The fourth-order valence-corrected chi connectivity index (χ4v) is 4.25. The second-order valence-electron chi connectivity index (χ2n) is 8.49.